The fraction of sp³-hybridized carbons (Fsp3) is 0.562. The minimum absolute atomic E-state index is 0.00250. The summed E-state index contributed by atoms with van der Waals surface area (Å²) in [6.07, 6.45) is 3.75. The van der Waals surface area contributed by atoms with Gasteiger partial charge in [0, 0.05) is 18.8 Å². The third kappa shape index (κ3) is 3.76. The van der Waals surface area contributed by atoms with Crippen LogP contribution < -0.4 is 5.69 Å². The number of hydrogen-bond donors (Lipinski definition) is 0. The summed E-state index contributed by atoms with van der Waals surface area (Å²) < 4.78 is 26.0. The van der Waals surface area contributed by atoms with Gasteiger partial charge in [-0.2, -0.15) is 0 Å². The quantitative estimate of drug-likeness (QED) is 0.733. The Hall–Kier alpha value is -2.16. The molecule has 1 fully saturated rings. The predicted octanol–water partition coefficient (Wildman–Crippen LogP) is 0.312. The van der Waals surface area contributed by atoms with Crippen molar-refractivity contribution in [2.45, 2.75) is 38.8 Å². The fourth-order valence-corrected chi connectivity index (χ4v) is 4.88. The van der Waals surface area contributed by atoms with Crippen molar-refractivity contribution >= 4 is 21.4 Å². The number of hydrogen-bond acceptors (Lipinski definition) is 5. The number of nitrogens with zero attached hydrogens (tertiary/aromatic N) is 4. The van der Waals surface area contributed by atoms with Gasteiger partial charge in [0.05, 0.1) is 11.5 Å². The van der Waals surface area contributed by atoms with E-state index in [1.165, 1.54) is 4.40 Å². The second kappa shape index (κ2) is 6.99. The largest absolute Gasteiger partial charge is 0.350 e. The third-order valence-electron chi connectivity index (χ3n) is 4.50. The number of unbranched alkanes of at least 4 members (excludes halogenated alkanes) is 1. The highest BCUT2D eigenvalue weighted by Gasteiger charge is 2.34. The van der Waals surface area contributed by atoms with Crippen molar-refractivity contribution in [3.63, 3.8) is 0 Å². The van der Waals surface area contributed by atoms with Gasteiger partial charge in [0.1, 0.15) is 6.54 Å². The SMILES string of the molecule is CCCCN(C(=O)Cn1nc2ccccn2c1=O)C1CCS(=O)(=O)C1. The van der Waals surface area contributed by atoms with E-state index in [9.17, 15) is 18.0 Å². The van der Waals surface area contributed by atoms with Crippen molar-refractivity contribution in [1.29, 1.82) is 0 Å². The van der Waals surface area contributed by atoms with E-state index in [1.807, 2.05) is 6.92 Å². The number of fused-ring (bicyclic) bond motifs is 1. The van der Waals surface area contributed by atoms with Crippen molar-refractivity contribution in [2.24, 2.45) is 0 Å². The molecule has 0 aromatic carbocycles. The summed E-state index contributed by atoms with van der Waals surface area (Å²) in [6, 6.07) is 4.88. The molecular formula is C16H22N4O4S. The van der Waals surface area contributed by atoms with Gasteiger partial charge in [-0.05, 0) is 25.0 Å². The molecular weight excluding hydrogens is 344 g/mol. The second-order valence-electron chi connectivity index (χ2n) is 6.37. The van der Waals surface area contributed by atoms with Crippen LogP contribution in [0.2, 0.25) is 0 Å². The first-order valence-electron chi connectivity index (χ1n) is 8.45. The summed E-state index contributed by atoms with van der Waals surface area (Å²) in [5.74, 6) is -0.147. The van der Waals surface area contributed by atoms with Crippen LogP contribution in [-0.4, -0.2) is 57.5 Å². The van der Waals surface area contributed by atoms with E-state index in [2.05, 4.69) is 5.10 Å². The van der Waals surface area contributed by atoms with Crippen LogP contribution >= 0.6 is 0 Å². The van der Waals surface area contributed by atoms with Gasteiger partial charge in [-0.3, -0.25) is 9.20 Å². The molecule has 0 spiro atoms. The topological polar surface area (TPSA) is 93.8 Å². The summed E-state index contributed by atoms with van der Waals surface area (Å²) in [5.41, 5.74) is 0.0993. The van der Waals surface area contributed by atoms with E-state index in [0.29, 0.717) is 18.6 Å². The van der Waals surface area contributed by atoms with Gasteiger partial charge < -0.3 is 4.90 Å². The number of carbonyl (C=O) groups excluding carboxylic acids is 1. The molecule has 1 aliphatic rings. The molecule has 0 radical (unpaired) electrons. The van der Waals surface area contributed by atoms with Crippen molar-refractivity contribution in [3.05, 3.63) is 34.9 Å². The van der Waals surface area contributed by atoms with Crippen LogP contribution in [0.3, 0.4) is 0 Å². The van der Waals surface area contributed by atoms with Crippen LogP contribution in [-0.2, 0) is 21.2 Å². The van der Waals surface area contributed by atoms with Gasteiger partial charge in [-0.25, -0.2) is 17.9 Å². The molecule has 1 saturated heterocycles. The summed E-state index contributed by atoms with van der Waals surface area (Å²) in [5, 5.41) is 4.17. The van der Waals surface area contributed by atoms with Gasteiger partial charge in [0.2, 0.25) is 5.91 Å². The van der Waals surface area contributed by atoms with Crippen LogP contribution in [0.15, 0.2) is 29.2 Å². The Bertz CT molecular complexity index is 931. The molecule has 1 atom stereocenters. The Kier molecular flexibility index (Phi) is 4.94. The van der Waals surface area contributed by atoms with Crippen molar-refractivity contribution < 1.29 is 13.2 Å². The number of carbonyl (C=O) groups is 1. The van der Waals surface area contributed by atoms with Crippen LogP contribution in [0.25, 0.3) is 5.65 Å². The molecule has 1 unspecified atom stereocenters. The molecule has 8 nitrogen and oxygen atoms in total. The molecule has 25 heavy (non-hydrogen) atoms. The van der Waals surface area contributed by atoms with Gasteiger partial charge in [0.25, 0.3) is 0 Å². The van der Waals surface area contributed by atoms with Crippen LogP contribution in [0.4, 0.5) is 0 Å². The monoisotopic (exact) mass is 366 g/mol. The first-order valence-corrected chi connectivity index (χ1v) is 10.3. The van der Waals surface area contributed by atoms with Crippen LogP contribution in [0, 0.1) is 0 Å². The smallest absolute Gasteiger partial charge is 0.337 e. The van der Waals surface area contributed by atoms with Crippen molar-refractivity contribution in [1.82, 2.24) is 19.1 Å². The number of rotatable bonds is 6. The van der Waals surface area contributed by atoms with E-state index in [-0.39, 0.29) is 35.7 Å². The molecule has 3 rings (SSSR count). The molecule has 136 valence electrons. The first kappa shape index (κ1) is 17.7. The van der Waals surface area contributed by atoms with Crippen molar-refractivity contribution in [2.75, 3.05) is 18.1 Å². The zero-order chi connectivity index (χ0) is 18.0. The van der Waals surface area contributed by atoms with E-state index >= 15 is 0 Å². The standard InChI is InChI=1S/C16H22N4O4S/c1-2-3-8-18(13-7-10-25(23,24)12-13)15(21)11-20-16(22)19-9-5-4-6-14(19)17-20/h4-6,9,13H,2-3,7-8,10-12H2,1H3. The Morgan fingerprint density at radius 3 is 2.84 bits per heavy atom. The van der Waals surface area contributed by atoms with Gasteiger partial charge in [-0.15, -0.1) is 5.10 Å². The van der Waals surface area contributed by atoms with E-state index < -0.39 is 9.84 Å². The molecule has 0 aliphatic carbocycles. The molecule has 3 heterocycles. The number of sulfone groups is 1. The Morgan fingerprint density at radius 1 is 1.40 bits per heavy atom. The normalized spacial score (nSPS) is 19.3. The highest BCUT2D eigenvalue weighted by atomic mass is 32.2. The third-order valence-corrected chi connectivity index (χ3v) is 6.25. The zero-order valence-corrected chi connectivity index (χ0v) is 15.0. The minimum atomic E-state index is -3.08. The van der Waals surface area contributed by atoms with Gasteiger partial charge >= 0.3 is 5.69 Å². The summed E-state index contributed by atoms with van der Waals surface area (Å²) >= 11 is 0. The zero-order valence-electron chi connectivity index (χ0n) is 14.2. The highest BCUT2D eigenvalue weighted by Crippen LogP contribution is 2.19. The van der Waals surface area contributed by atoms with E-state index in [0.717, 1.165) is 17.5 Å². The lowest BCUT2D eigenvalue weighted by Crippen LogP contribution is -2.44. The maximum Gasteiger partial charge on any atom is 0.350 e. The molecule has 1 aliphatic heterocycles. The van der Waals surface area contributed by atoms with Gasteiger partial charge in [0.15, 0.2) is 15.5 Å². The highest BCUT2D eigenvalue weighted by molar-refractivity contribution is 7.91. The summed E-state index contributed by atoms with van der Waals surface area (Å²) in [7, 11) is -3.08. The lowest BCUT2D eigenvalue weighted by molar-refractivity contribution is -0.134. The van der Waals surface area contributed by atoms with Crippen molar-refractivity contribution in [3.8, 4) is 0 Å². The Labute approximate surface area is 146 Å². The lowest BCUT2D eigenvalue weighted by Gasteiger charge is -2.28. The maximum absolute atomic E-state index is 12.8. The summed E-state index contributed by atoms with van der Waals surface area (Å²) in [6.45, 7) is 2.33. The Balaban J connectivity index is 1.82. The molecule has 1 amide bonds. The second-order valence-corrected chi connectivity index (χ2v) is 8.60. The molecule has 9 heteroatoms. The molecule has 0 N–H and O–H groups in total. The average Bonchev–Trinajstić information content (AvgIpc) is 3.08. The first-order chi connectivity index (χ1) is 11.9. The number of amides is 1. The minimum Gasteiger partial charge on any atom is -0.337 e. The lowest BCUT2D eigenvalue weighted by atomic mass is 10.2. The molecule has 0 saturated carbocycles. The molecule has 0 bridgehead atoms. The Morgan fingerprint density at radius 2 is 2.20 bits per heavy atom. The number of aromatic nitrogens is 3. The maximum atomic E-state index is 12.8. The van der Waals surface area contributed by atoms with E-state index in [1.54, 1.807) is 29.3 Å². The number of pyridine rings is 1. The van der Waals surface area contributed by atoms with Gasteiger partial charge in [-0.1, -0.05) is 19.4 Å². The molecule has 2 aromatic heterocycles. The van der Waals surface area contributed by atoms with Crippen LogP contribution in [0.1, 0.15) is 26.2 Å². The molecule has 2 aromatic rings. The predicted molar refractivity (Wildman–Crippen MR) is 93.1 cm³/mol. The average molecular weight is 366 g/mol. The van der Waals surface area contributed by atoms with E-state index in [4.69, 9.17) is 0 Å². The van der Waals surface area contributed by atoms with Crippen LogP contribution in [0.5, 0.6) is 0 Å². The fourth-order valence-electron chi connectivity index (χ4n) is 3.15. The summed E-state index contributed by atoms with van der Waals surface area (Å²) in [4.78, 5) is 26.7.